The first-order valence-corrected chi connectivity index (χ1v) is 5.41. The van der Waals surface area contributed by atoms with Gasteiger partial charge in [0, 0.05) is 5.56 Å². The van der Waals surface area contributed by atoms with Crippen molar-refractivity contribution in [1.82, 2.24) is 0 Å². The highest BCUT2D eigenvalue weighted by atomic mass is 32.2. The summed E-state index contributed by atoms with van der Waals surface area (Å²) in [6.07, 6.45) is -1.40. The van der Waals surface area contributed by atoms with E-state index in [9.17, 15) is 15.0 Å². The molecule has 0 aliphatic carbocycles. The molecular weight excluding hydrogens is 216 g/mol. The number of thioether (sulfide) groups is 1. The second-order valence-corrected chi connectivity index (χ2v) is 4.17. The number of aliphatic hydroxyl groups excluding tert-OH is 1. The largest absolute Gasteiger partial charge is 0.508 e. The fourth-order valence-corrected chi connectivity index (χ4v) is 1.68. The molecule has 0 saturated heterocycles. The van der Waals surface area contributed by atoms with Crippen LogP contribution in [-0.4, -0.2) is 26.2 Å². The number of aliphatic hydroxyl groups is 1. The van der Waals surface area contributed by atoms with E-state index in [-0.39, 0.29) is 17.1 Å². The van der Waals surface area contributed by atoms with Crippen LogP contribution in [-0.2, 0) is 4.79 Å². The Morgan fingerprint density at radius 2 is 2.13 bits per heavy atom. The molecule has 1 aromatic carbocycles. The van der Waals surface area contributed by atoms with Crippen molar-refractivity contribution in [3.8, 4) is 11.5 Å². The lowest BCUT2D eigenvalue weighted by molar-refractivity contribution is -0.118. The van der Waals surface area contributed by atoms with Gasteiger partial charge in [0.1, 0.15) is 11.5 Å². The van der Waals surface area contributed by atoms with Gasteiger partial charge in [0.05, 0.1) is 0 Å². The van der Waals surface area contributed by atoms with E-state index in [0.717, 1.165) is 11.8 Å². The van der Waals surface area contributed by atoms with Gasteiger partial charge in [-0.15, -0.1) is 0 Å². The molecule has 4 nitrogen and oxygen atoms in total. The second kappa shape index (κ2) is 5.04. The minimum atomic E-state index is -1.40. The number of phenols is 2. The Labute approximate surface area is 91.6 Å². The maximum Gasteiger partial charge on any atom is 0.222 e. The van der Waals surface area contributed by atoms with Crippen molar-refractivity contribution < 1.29 is 20.1 Å². The first-order chi connectivity index (χ1) is 7.06. The maximum atomic E-state index is 11.3. The molecule has 1 rings (SSSR count). The lowest BCUT2D eigenvalue weighted by atomic mass is 10.1. The summed E-state index contributed by atoms with van der Waals surface area (Å²) in [4.78, 5) is 11.3. The van der Waals surface area contributed by atoms with Crippen LogP contribution in [0.1, 0.15) is 18.6 Å². The predicted molar refractivity (Wildman–Crippen MR) is 57.9 cm³/mol. The number of carbonyl (C=O) groups is 1. The molecule has 15 heavy (non-hydrogen) atoms. The molecule has 1 aromatic rings. The van der Waals surface area contributed by atoms with Crippen LogP contribution in [0.15, 0.2) is 18.2 Å². The summed E-state index contributed by atoms with van der Waals surface area (Å²) < 4.78 is 0. The van der Waals surface area contributed by atoms with E-state index in [1.807, 2.05) is 0 Å². The monoisotopic (exact) mass is 228 g/mol. The van der Waals surface area contributed by atoms with Gasteiger partial charge in [0.2, 0.25) is 5.12 Å². The highest BCUT2D eigenvalue weighted by Crippen LogP contribution is 2.30. The Morgan fingerprint density at radius 3 is 2.73 bits per heavy atom. The third kappa shape index (κ3) is 2.87. The van der Waals surface area contributed by atoms with Gasteiger partial charge in [0.15, 0.2) is 6.10 Å². The summed E-state index contributed by atoms with van der Waals surface area (Å²) in [6.45, 7) is 1.79. The van der Waals surface area contributed by atoms with E-state index in [4.69, 9.17) is 5.11 Å². The van der Waals surface area contributed by atoms with E-state index < -0.39 is 11.2 Å². The number of rotatable bonds is 3. The van der Waals surface area contributed by atoms with Gasteiger partial charge >= 0.3 is 0 Å². The number of carbonyl (C=O) groups excluding carboxylic acids is 1. The third-order valence-corrected chi connectivity index (χ3v) is 2.61. The molecule has 0 heterocycles. The Bertz CT molecular complexity index is 364. The van der Waals surface area contributed by atoms with E-state index in [0.29, 0.717) is 5.75 Å². The zero-order valence-electron chi connectivity index (χ0n) is 8.17. The molecule has 0 fully saturated rings. The molecule has 0 bridgehead atoms. The number of phenolic OH excluding ortho intramolecular Hbond substituents is 2. The van der Waals surface area contributed by atoms with Crippen molar-refractivity contribution in [2.45, 2.75) is 13.0 Å². The molecule has 82 valence electrons. The molecule has 0 aliphatic heterocycles. The van der Waals surface area contributed by atoms with E-state index >= 15 is 0 Å². The highest BCUT2D eigenvalue weighted by molar-refractivity contribution is 8.13. The molecule has 0 spiro atoms. The Morgan fingerprint density at radius 1 is 1.47 bits per heavy atom. The number of hydrogen-bond donors (Lipinski definition) is 3. The van der Waals surface area contributed by atoms with Crippen LogP contribution in [0.5, 0.6) is 11.5 Å². The van der Waals surface area contributed by atoms with E-state index in [2.05, 4.69) is 0 Å². The second-order valence-electron chi connectivity index (χ2n) is 2.90. The molecule has 0 saturated carbocycles. The molecule has 0 aliphatic rings. The van der Waals surface area contributed by atoms with Crippen LogP contribution in [0.4, 0.5) is 0 Å². The minimum Gasteiger partial charge on any atom is -0.508 e. The van der Waals surface area contributed by atoms with Crippen molar-refractivity contribution in [1.29, 1.82) is 0 Å². The van der Waals surface area contributed by atoms with Crippen molar-refractivity contribution in [2.75, 3.05) is 5.75 Å². The van der Waals surface area contributed by atoms with Gasteiger partial charge in [-0.2, -0.15) is 0 Å². The number of aromatic hydroxyl groups is 2. The van der Waals surface area contributed by atoms with Crippen LogP contribution in [0, 0.1) is 0 Å². The normalized spacial score (nSPS) is 12.4. The van der Waals surface area contributed by atoms with Crippen LogP contribution < -0.4 is 0 Å². The van der Waals surface area contributed by atoms with Crippen LogP contribution in [0.2, 0.25) is 0 Å². The van der Waals surface area contributed by atoms with Gasteiger partial charge < -0.3 is 15.3 Å². The van der Waals surface area contributed by atoms with E-state index in [1.165, 1.54) is 18.2 Å². The molecular formula is C10H12O4S. The SMILES string of the molecule is CCSC(=O)[C@@H](O)c1cc(O)ccc1O. The van der Waals surface area contributed by atoms with Crippen molar-refractivity contribution in [3.05, 3.63) is 23.8 Å². The first-order valence-electron chi connectivity index (χ1n) is 4.42. The van der Waals surface area contributed by atoms with Crippen molar-refractivity contribution in [2.24, 2.45) is 0 Å². The molecule has 0 unspecified atom stereocenters. The number of hydrogen-bond acceptors (Lipinski definition) is 5. The van der Waals surface area contributed by atoms with Gasteiger partial charge in [-0.1, -0.05) is 18.7 Å². The maximum absolute atomic E-state index is 11.3. The molecule has 0 aromatic heterocycles. The molecule has 1 atom stereocenters. The molecule has 5 heteroatoms. The summed E-state index contributed by atoms with van der Waals surface area (Å²) in [5, 5.41) is 27.7. The zero-order valence-corrected chi connectivity index (χ0v) is 8.99. The van der Waals surface area contributed by atoms with Gasteiger partial charge in [-0.05, 0) is 24.0 Å². The van der Waals surface area contributed by atoms with Crippen molar-refractivity contribution >= 4 is 16.9 Å². The third-order valence-electron chi connectivity index (χ3n) is 1.82. The summed E-state index contributed by atoms with van der Waals surface area (Å²) in [5.74, 6) is 0.247. The fourth-order valence-electron chi connectivity index (χ4n) is 1.11. The summed E-state index contributed by atoms with van der Waals surface area (Å²) in [7, 11) is 0. The lowest BCUT2D eigenvalue weighted by Crippen LogP contribution is -2.08. The van der Waals surface area contributed by atoms with Gasteiger partial charge in [-0.25, -0.2) is 0 Å². The Kier molecular flexibility index (Phi) is 3.99. The molecule has 3 N–H and O–H groups in total. The highest BCUT2D eigenvalue weighted by Gasteiger charge is 2.20. The minimum absolute atomic E-state index is 0.0287. The number of benzene rings is 1. The average Bonchev–Trinajstić information content (AvgIpc) is 2.21. The lowest BCUT2D eigenvalue weighted by Gasteiger charge is -2.10. The zero-order chi connectivity index (χ0) is 11.4. The Balaban J connectivity index is 2.94. The molecule has 0 radical (unpaired) electrons. The van der Waals surface area contributed by atoms with Crippen LogP contribution in [0.25, 0.3) is 0 Å². The standard InChI is InChI=1S/C10H12O4S/c1-2-15-10(14)9(13)7-5-6(11)3-4-8(7)12/h3-5,9,11-13H,2H2,1H3/t9-/m0/s1. The topological polar surface area (TPSA) is 77.8 Å². The quantitative estimate of drug-likeness (QED) is 0.682. The van der Waals surface area contributed by atoms with E-state index in [1.54, 1.807) is 6.92 Å². The summed E-state index contributed by atoms with van der Waals surface area (Å²) in [5.41, 5.74) is 0.0287. The Hall–Kier alpha value is -1.20. The summed E-state index contributed by atoms with van der Waals surface area (Å²) in [6, 6.07) is 3.69. The average molecular weight is 228 g/mol. The van der Waals surface area contributed by atoms with Crippen molar-refractivity contribution in [3.63, 3.8) is 0 Å². The van der Waals surface area contributed by atoms with Gasteiger partial charge in [-0.3, -0.25) is 4.79 Å². The predicted octanol–water partition coefficient (Wildman–Crippen LogP) is 1.41. The first kappa shape index (κ1) is 11.9. The molecule has 0 amide bonds. The smallest absolute Gasteiger partial charge is 0.222 e. The fraction of sp³-hybridized carbons (Fsp3) is 0.300. The van der Waals surface area contributed by atoms with Crippen LogP contribution >= 0.6 is 11.8 Å². The summed E-state index contributed by atoms with van der Waals surface area (Å²) >= 11 is 0.967. The van der Waals surface area contributed by atoms with Gasteiger partial charge in [0.25, 0.3) is 0 Å². The van der Waals surface area contributed by atoms with Crippen LogP contribution in [0.3, 0.4) is 0 Å².